The maximum absolute atomic E-state index is 13.3. The largest absolute Gasteiger partial charge is 0.480 e. The van der Waals surface area contributed by atoms with Crippen LogP contribution in [-0.4, -0.2) is 71.5 Å². The van der Waals surface area contributed by atoms with Crippen LogP contribution in [0.1, 0.15) is 36.8 Å². The van der Waals surface area contributed by atoms with E-state index in [2.05, 4.69) is 17.4 Å². The molecule has 0 saturated carbocycles. The summed E-state index contributed by atoms with van der Waals surface area (Å²) in [6, 6.07) is 14.3. The van der Waals surface area contributed by atoms with Crippen LogP contribution in [0.25, 0.3) is 11.1 Å². The Morgan fingerprint density at radius 3 is 2.34 bits per heavy atom. The number of hydrogen-bond acceptors (Lipinski definition) is 6. The molecule has 8 nitrogen and oxygen atoms in total. The smallest absolute Gasteiger partial charge is 0.407 e. The predicted octanol–water partition coefficient (Wildman–Crippen LogP) is 3.69. The molecule has 2 aromatic carbocycles. The Morgan fingerprint density at radius 2 is 1.74 bits per heavy atom. The number of nitrogens with zero attached hydrogens (tertiary/aromatic N) is 1. The van der Waals surface area contributed by atoms with Crippen LogP contribution < -0.4 is 5.32 Å². The number of carboxylic acids is 1. The number of amides is 2. The minimum Gasteiger partial charge on any atom is -0.480 e. The molecule has 4 rings (SSSR count). The first-order valence-corrected chi connectivity index (χ1v) is 12.7. The molecular formula is C26H30N2O6S. The highest BCUT2D eigenvalue weighted by Crippen LogP contribution is 2.44. The van der Waals surface area contributed by atoms with Gasteiger partial charge in [-0.1, -0.05) is 48.5 Å². The molecule has 1 aliphatic carbocycles. The number of aliphatic carboxylic acids is 1. The van der Waals surface area contributed by atoms with Crippen LogP contribution in [0.5, 0.6) is 0 Å². The summed E-state index contributed by atoms with van der Waals surface area (Å²) in [5.41, 5.74) is 4.46. The average Bonchev–Trinajstić information content (AvgIpc) is 3.40. The summed E-state index contributed by atoms with van der Waals surface area (Å²) in [6.07, 6.45) is 0.148. The number of benzene rings is 2. The van der Waals surface area contributed by atoms with E-state index >= 15 is 0 Å². The van der Waals surface area contributed by atoms with E-state index in [0.29, 0.717) is 25.2 Å². The van der Waals surface area contributed by atoms with Crippen LogP contribution in [0.15, 0.2) is 48.5 Å². The zero-order chi connectivity index (χ0) is 24.9. The molecule has 2 aromatic rings. The summed E-state index contributed by atoms with van der Waals surface area (Å²) in [6.45, 7) is 2.35. The third-order valence-corrected chi connectivity index (χ3v) is 7.76. The molecule has 0 radical (unpaired) electrons. The van der Waals surface area contributed by atoms with Crippen molar-refractivity contribution in [3.05, 3.63) is 59.7 Å². The zero-order valence-corrected chi connectivity index (χ0v) is 20.6. The molecule has 2 aliphatic rings. The topological polar surface area (TPSA) is 105 Å². The molecule has 1 saturated heterocycles. The lowest BCUT2D eigenvalue weighted by Crippen LogP contribution is -2.54. The molecule has 35 heavy (non-hydrogen) atoms. The van der Waals surface area contributed by atoms with Gasteiger partial charge in [-0.25, -0.2) is 9.59 Å². The Balaban J connectivity index is 1.45. The van der Waals surface area contributed by atoms with Gasteiger partial charge in [-0.05, 0) is 42.0 Å². The van der Waals surface area contributed by atoms with Gasteiger partial charge in [-0.3, -0.25) is 4.79 Å². The van der Waals surface area contributed by atoms with Gasteiger partial charge < -0.3 is 24.8 Å². The van der Waals surface area contributed by atoms with Crippen molar-refractivity contribution >= 4 is 29.7 Å². The Hall–Kier alpha value is -3.04. The van der Waals surface area contributed by atoms with Gasteiger partial charge in [0.25, 0.3) is 0 Å². The molecule has 0 spiro atoms. The van der Waals surface area contributed by atoms with E-state index in [4.69, 9.17) is 9.47 Å². The van der Waals surface area contributed by atoms with Crippen LogP contribution in [0.3, 0.4) is 0 Å². The molecular weight excluding hydrogens is 468 g/mol. The standard InChI is InChI=1S/C26H30N2O6S/c1-16-28(23(15-35-16)25(30)31)24(29)22(12-7-13-33-2)27-26(32)34-14-21-19-10-5-3-8-17(19)18-9-4-6-11-20(18)21/h3-6,8-11,16,21-23H,7,12-15H2,1-2H3,(H,27,32)(H,30,31). The van der Waals surface area contributed by atoms with Crippen LogP contribution in [-0.2, 0) is 19.1 Å². The lowest BCUT2D eigenvalue weighted by molar-refractivity contribution is -0.149. The summed E-state index contributed by atoms with van der Waals surface area (Å²) in [7, 11) is 1.56. The summed E-state index contributed by atoms with van der Waals surface area (Å²) in [5.74, 6) is -1.24. The number of hydrogen-bond donors (Lipinski definition) is 2. The normalized spacial score (nSPS) is 19.7. The van der Waals surface area contributed by atoms with Gasteiger partial charge in [0.1, 0.15) is 18.7 Å². The molecule has 2 amide bonds. The summed E-state index contributed by atoms with van der Waals surface area (Å²) >= 11 is 1.40. The fraction of sp³-hybridized carbons (Fsp3) is 0.423. The molecule has 0 aromatic heterocycles. The highest BCUT2D eigenvalue weighted by Gasteiger charge is 2.42. The highest BCUT2D eigenvalue weighted by atomic mass is 32.2. The van der Waals surface area contributed by atoms with Crippen LogP contribution in [0.2, 0.25) is 0 Å². The van der Waals surface area contributed by atoms with Gasteiger partial charge in [-0.2, -0.15) is 0 Å². The van der Waals surface area contributed by atoms with Gasteiger partial charge in [0, 0.05) is 25.4 Å². The molecule has 186 valence electrons. The minimum atomic E-state index is -1.05. The minimum absolute atomic E-state index is 0.0952. The average molecular weight is 499 g/mol. The molecule has 0 bridgehead atoms. The molecule has 3 unspecified atom stereocenters. The fourth-order valence-electron chi connectivity index (χ4n) is 4.82. The fourth-order valence-corrected chi connectivity index (χ4v) is 5.99. The highest BCUT2D eigenvalue weighted by molar-refractivity contribution is 8.00. The number of fused-ring (bicyclic) bond motifs is 3. The second-order valence-electron chi connectivity index (χ2n) is 8.69. The Bertz CT molecular complexity index is 1050. The van der Waals surface area contributed by atoms with Crippen molar-refractivity contribution in [2.24, 2.45) is 0 Å². The van der Waals surface area contributed by atoms with Crippen molar-refractivity contribution < 1.29 is 29.0 Å². The first-order valence-electron chi connectivity index (χ1n) is 11.7. The second kappa shape index (κ2) is 11.1. The lowest BCUT2D eigenvalue weighted by Gasteiger charge is -2.29. The molecule has 1 heterocycles. The number of carbonyl (C=O) groups is 3. The number of methoxy groups -OCH3 is 1. The first kappa shape index (κ1) is 25.1. The van der Waals surface area contributed by atoms with E-state index in [1.54, 1.807) is 14.0 Å². The molecule has 2 N–H and O–H groups in total. The van der Waals surface area contributed by atoms with Crippen LogP contribution in [0, 0.1) is 0 Å². The third-order valence-electron chi connectivity index (χ3n) is 6.54. The molecule has 3 atom stereocenters. The summed E-state index contributed by atoms with van der Waals surface area (Å²) in [4.78, 5) is 39.2. The second-order valence-corrected chi connectivity index (χ2v) is 10.0. The van der Waals surface area contributed by atoms with Crippen molar-refractivity contribution in [3.8, 4) is 11.1 Å². The zero-order valence-electron chi connectivity index (χ0n) is 19.8. The molecule has 9 heteroatoms. The monoisotopic (exact) mass is 498 g/mol. The Morgan fingerprint density at radius 1 is 1.11 bits per heavy atom. The number of carboxylic acid groups (broad SMARTS) is 1. The number of carbonyl (C=O) groups excluding carboxylic acids is 2. The summed E-state index contributed by atoms with van der Waals surface area (Å²) < 4.78 is 10.7. The van der Waals surface area contributed by atoms with Crippen LogP contribution >= 0.6 is 11.8 Å². The van der Waals surface area contributed by atoms with E-state index in [9.17, 15) is 19.5 Å². The van der Waals surface area contributed by atoms with Gasteiger partial charge in [0.05, 0.1) is 5.37 Å². The summed E-state index contributed by atoms with van der Waals surface area (Å²) in [5, 5.41) is 12.0. The predicted molar refractivity (Wildman–Crippen MR) is 133 cm³/mol. The quantitative estimate of drug-likeness (QED) is 0.508. The van der Waals surface area contributed by atoms with E-state index in [-0.39, 0.29) is 17.9 Å². The maximum atomic E-state index is 13.3. The third kappa shape index (κ3) is 5.31. The van der Waals surface area contributed by atoms with Crippen molar-refractivity contribution in [3.63, 3.8) is 0 Å². The Labute approximate surface area is 209 Å². The van der Waals surface area contributed by atoms with Crippen molar-refractivity contribution in [1.29, 1.82) is 0 Å². The van der Waals surface area contributed by atoms with E-state index in [0.717, 1.165) is 22.3 Å². The first-order chi connectivity index (χ1) is 16.9. The van der Waals surface area contributed by atoms with Crippen molar-refractivity contribution in [2.45, 2.75) is 43.1 Å². The number of ether oxygens (including phenoxy) is 2. The number of alkyl carbamates (subject to hydrolysis) is 1. The van der Waals surface area contributed by atoms with Gasteiger partial charge >= 0.3 is 12.1 Å². The van der Waals surface area contributed by atoms with Crippen LogP contribution in [0.4, 0.5) is 4.79 Å². The lowest BCUT2D eigenvalue weighted by atomic mass is 9.98. The number of thioether (sulfide) groups is 1. The number of rotatable bonds is 9. The number of nitrogens with one attached hydrogen (secondary N) is 1. The molecule has 1 fully saturated rings. The van der Waals surface area contributed by atoms with E-state index in [1.165, 1.54) is 16.7 Å². The van der Waals surface area contributed by atoms with Gasteiger partial charge in [0.15, 0.2) is 0 Å². The van der Waals surface area contributed by atoms with Crippen molar-refractivity contribution in [1.82, 2.24) is 10.2 Å². The van der Waals surface area contributed by atoms with Crippen molar-refractivity contribution in [2.75, 3.05) is 26.1 Å². The molecule has 1 aliphatic heterocycles. The van der Waals surface area contributed by atoms with Gasteiger partial charge in [-0.15, -0.1) is 11.8 Å². The van der Waals surface area contributed by atoms with Gasteiger partial charge in [0.2, 0.25) is 5.91 Å². The Kier molecular flexibility index (Phi) is 7.97. The SMILES string of the molecule is COCCCC(NC(=O)OCC1c2ccccc2-c2ccccc21)C(=O)N1C(C)SCC1C(=O)O. The maximum Gasteiger partial charge on any atom is 0.407 e. The van der Waals surface area contributed by atoms with E-state index < -0.39 is 30.1 Å². The van der Waals surface area contributed by atoms with E-state index in [1.807, 2.05) is 36.4 Å².